The Kier molecular flexibility index (Phi) is 5.12. The van der Waals surface area contributed by atoms with Gasteiger partial charge in [-0.05, 0) is 45.1 Å². The van der Waals surface area contributed by atoms with E-state index in [2.05, 4.69) is 16.8 Å². The van der Waals surface area contributed by atoms with Gasteiger partial charge in [0.15, 0.2) is 0 Å². The number of hydrogen-bond donors (Lipinski definition) is 0. The second-order valence-corrected chi connectivity index (χ2v) is 6.16. The van der Waals surface area contributed by atoms with Gasteiger partial charge in [0, 0.05) is 19.1 Å². The first-order chi connectivity index (χ1) is 10.3. The lowest BCUT2D eigenvalue weighted by atomic mass is 10.0. The number of nitrogens with zero attached hydrogens (tertiary/aromatic N) is 2. The van der Waals surface area contributed by atoms with Gasteiger partial charge in [0.25, 0.3) is 0 Å². The smallest absolute Gasteiger partial charge is 0.135 e. The van der Waals surface area contributed by atoms with Crippen molar-refractivity contribution in [3.8, 4) is 5.75 Å². The molecule has 0 radical (unpaired) electrons. The Hall–Kier alpha value is -1.10. The summed E-state index contributed by atoms with van der Waals surface area (Å²) in [5.41, 5.74) is 0. The first-order valence-electron chi connectivity index (χ1n) is 8.03. The van der Waals surface area contributed by atoms with Crippen LogP contribution >= 0.6 is 0 Å². The van der Waals surface area contributed by atoms with Crippen LogP contribution in [-0.2, 0) is 4.74 Å². The number of ether oxygens (including phenoxy) is 2. The van der Waals surface area contributed by atoms with Gasteiger partial charge in [0.2, 0.25) is 0 Å². The van der Waals surface area contributed by atoms with E-state index in [0.29, 0.717) is 12.6 Å². The minimum absolute atomic E-state index is 0.134. The highest BCUT2D eigenvalue weighted by Crippen LogP contribution is 2.19. The van der Waals surface area contributed by atoms with Crippen LogP contribution in [0.15, 0.2) is 30.3 Å². The average Bonchev–Trinajstić information content (AvgIpc) is 2.75. The molecule has 0 aliphatic carbocycles. The third kappa shape index (κ3) is 4.19. The molecule has 2 aliphatic heterocycles. The van der Waals surface area contributed by atoms with Gasteiger partial charge in [-0.1, -0.05) is 18.2 Å². The molecule has 2 fully saturated rings. The summed E-state index contributed by atoms with van der Waals surface area (Å²) in [5, 5.41) is 0. The van der Waals surface area contributed by atoms with Crippen molar-refractivity contribution in [2.75, 3.05) is 46.4 Å². The summed E-state index contributed by atoms with van der Waals surface area (Å²) in [6, 6.07) is 10.8. The van der Waals surface area contributed by atoms with E-state index < -0.39 is 0 Å². The summed E-state index contributed by atoms with van der Waals surface area (Å²) in [5.74, 6) is 0.941. The molecule has 1 atom stereocenters. The maximum absolute atomic E-state index is 6.10. The molecule has 116 valence electrons. The lowest BCUT2D eigenvalue weighted by Crippen LogP contribution is -2.47. The average molecular weight is 290 g/mol. The zero-order valence-corrected chi connectivity index (χ0v) is 12.9. The molecule has 1 aromatic rings. The topological polar surface area (TPSA) is 24.9 Å². The van der Waals surface area contributed by atoms with Crippen LogP contribution in [0, 0.1) is 0 Å². The van der Waals surface area contributed by atoms with Crippen LogP contribution in [0.25, 0.3) is 0 Å². The lowest BCUT2D eigenvalue weighted by Gasteiger charge is -2.37. The maximum atomic E-state index is 6.10. The molecule has 0 amide bonds. The summed E-state index contributed by atoms with van der Waals surface area (Å²) < 4.78 is 11.8. The van der Waals surface area contributed by atoms with Gasteiger partial charge in [-0.3, -0.25) is 4.90 Å². The molecule has 4 heteroatoms. The number of para-hydroxylation sites is 1. The van der Waals surface area contributed by atoms with E-state index in [0.717, 1.165) is 25.4 Å². The van der Waals surface area contributed by atoms with Gasteiger partial charge >= 0.3 is 0 Å². The zero-order chi connectivity index (χ0) is 14.5. The van der Waals surface area contributed by atoms with Crippen LogP contribution in [0.2, 0.25) is 0 Å². The fourth-order valence-electron chi connectivity index (χ4n) is 3.26. The van der Waals surface area contributed by atoms with Gasteiger partial charge in [-0.2, -0.15) is 0 Å². The van der Waals surface area contributed by atoms with Gasteiger partial charge in [0.05, 0.1) is 13.2 Å². The van der Waals surface area contributed by atoms with E-state index in [4.69, 9.17) is 9.47 Å². The van der Waals surface area contributed by atoms with Crippen molar-refractivity contribution in [2.45, 2.75) is 25.0 Å². The standard InChI is InChI=1S/C17H26N2O2/c1-18-9-7-15(8-10-18)19-11-12-20-14-17(13-19)21-16-5-3-2-4-6-16/h2-6,15,17H,7-14H2,1H3/t17-/m1/s1. The maximum Gasteiger partial charge on any atom is 0.135 e. The fourth-order valence-corrected chi connectivity index (χ4v) is 3.26. The molecular formula is C17H26N2O2. The number of likely N-dealkylation sites (tertiary alicyclic amines) is 1. The molecule has 21 heavy (non-hydrogen) atoms. The third-order valence-corrected chi connectivity index (χ3v) is 4.52. The van der Waals surface area contributed by atoms with E-state index in [-0.39, 0.29) is 6.10 Å². The predicted molar refractivity (Wildman–Crippen MR) is 83.8 cm³/mol. The first kappa shape index (κ1) is 14.8. The van der Waals surface area contributed by atoms with E-state index in [1.165, 1.54) is 25.9 Å². The van der Waals surface area contributed by atoms with E-state index in [1.54, 1.807) is 0 Å². The molecular weight excluding hydrogens is 264 g/mol. The quantitative estimate of drug-likeness (QED) is 0.848. The van der Waals surface area contributed by atoms with Crippen molar-refractivity contribution in [3.63, 3.8) is 0 Å². The molecule has 0 saturated carbocycles. The normalized spacial score (nSPS) is 26.4. The van der Waals surface area contributed by atoms with Gasteiger partial charge in [-0.25, -0.2) is 0 Å². The summed E-state index contributed by atoms with van der Waals surface area (Å²) in [7, 11) is 2.21. The third-order valence-electron chi connectivity index (χ3n) is 4.52. The van der Waals surface area contributed by atoms with Gasteiger partial charge in [-0.15, -0.1) is 0 Å². The molecule has 0 aromatic heterocycles. The van der Waals surface area contributed by atoms with Crippen LogP contribution in [0.4, 0.5) is 0 Å². The molecule has 0 spiro atoms. The van der Waals surface area contributed by atoms with Gasteiger partial charge < -0.3 is 14.4 Å². The predicted octanol–water partition coefficient (Wildman–Crippen LogP) is 1.86. The minimum Gasteiger partial charge on any atom is -0.487 e. The summed E-state index contributed by atoms with van der Waals surface area (Å²) >= 11 is 0. The highest BCUT2D eigenvalue weighted by Gasteiger charge is 2.27. The van der Waals surface area contributed by atoms with Crippen molar-refractivity contribution in [2.24, 2.45) is 0 Å². The van der Waals surface area contributed by atoms with Crippen molar-refractivity contribution in [1.29, 1.82) is 0 Å². The van der Waals surface area contributed by atoms with Crippen LogP contribution in [0.5, 0.6) is 5.75 Å². The minimum atomic E-state index is 0.134. The Morgan fingerprint density at radius 2 is 1.86 bits per heavy atom. The molecule has 0 unspecified atom stereocenters. The molecule has 4 nitrogen and oxygen atoms in total. The Morgan fingerprint density at radius 1 is 1.10 bits per heavy atom. The molecule has 1 aromatic carbocycles. The Balaban J connectivity index is 1.58. The molecule has 2 aliphatic rings. The number of rotatable bonds is 3. The van der Waals surface area contributed by atoms with E-state index in [9.17, 15) is 0 Å². The highest BCUT2D eigenvalue weighted by molar-refractivity contribution is 5.21. The monoisotopic (exact) mass is 290 g/mol. The molecule has 0 N–H and O–H groups in total. The Morgan fingerprint density at radius 3 is 2.62 bits per heavy atom. The number of piperidine rings is 1. The Bertz CT molecular complexity index is 418. The molecule has 3 rings (SSSR count). The SMILES string of the molecule is CN1CCC(N2CCOC[C@H](Oc3ccccc3)C2)CC1. The number of benzene rings is 1. The van der Waals surface area contributed by atoms with Crippen LogP contribution in [0.1, 0.15) is 12.8 Å². The van der Waals surface area contributed by atoms with Gasteiger partial charge in [0.1, 0.15) is 11.9 Å². The lowest BCUT2D eigenvalue weighted by molar-refractivity contribution is 0.0664. The van der Waals surface area contributed by atoms with E-state index >= 15 is 0 Å². The molecule has 2 saturated heterocycles. The van der Waals surface area contributed by atoms with Crippen LogP contribution in [0.3, 0.4) is 0 Å². The van der Waals surface area contributed by atoms with Crippen LogP contribution in [-0.4, -0.2) is 68.4 Å². The van der Waals surface area contributed by atoms with E-state index in [1.807, 2.05) is 30.3 Å². The fraction of sp³-hybridized carbons (Fsp3) is 0.647. The zero-order valence-electron chi connectivity index (χ0n) is 12.9. The molecule has 2 heterocycles. The van der Waals surface area contributed by atoms with Crippen LogP contribution < -0.4 is 4.74 Å². The first-order valence-corrected chi connectivity index (χ1v) is 8.03. The number of hydrogen-bond acceptors (Lipinski definition) is 4. The van der Waals surface area contributed by atoms with Crippen molar-refractivity contribution >= 4 is 0 Å². The second kappa shape index (κ2) is 7.25. The highest BCUT2D eigenvalue weighted by atomic mass is 16.5. The molecule has 0 bridgehead atoms. The van der Waals surface area contributed by atoms with Crippen molar-refractivity contribution in [1.82, 2.24) is 9.80 Å². The summed E-state index contributed by atoms with van der Waals surface area (Å²) in [4.78, 5) is 5.00. The van der Waals surface area contributed by atoms with Crippen molar-refractivity contribution < 1.29 is 9.47 Å². The summed E-state index contributed by atoms with van der Waals surface area (Å²) in [6.07, 6.45) is 2.65. The summed E-state index contributed by atoms with van der Waals surface area (Å²) in [6.45, 7) is 5.92. The largest absolute Gasteiger partial charge is 0.487 e. The van der Waals surface area contributed by atoms with Crippen molar-refractivity contribution in [3.05, 3.63) is 30.3 Å². The second-order valence-electron chi connectivity index (χ2n) is 6.16. The Labute approximate surface area is 127 Å².